The molecule has 1 N–H and O–H groups in total. The molecule has 4 aromatic rings. The van der Waals surface area contributed by atoms with Gasteiger partial charge in [-0.25, -0.2) is 13.8 Å². The molecule has 0 unspecified atom stereocenters. The molecule has 3 aromatic carbocycles. The van der Waals surface area contributed by atoms with Gasteiger partial charge in [0, 0.05) is 11.1 Å². The molecular formula is C23H18F2N2O2. The predicted octanol–water partition coefficient (Wildman–Crippen LogP) is 5.71. The Hall–Kier alpha value is -3.67. The van der Waals surface area contributed by atoms with Crippen LogP contribution < -0.4 is 9.47 Å². The summed E-state index contributed by atoms with van der Waals surface area (Å²) in [7, 11) is 3.18. The number of hydrogen-bond acceptors (Lipinski definition) is 3. The molecule has 6 heteroatoms. The lowest BCUT2D eigenvalue weighted by Gasteiger charge is -2.06. The summed E-state index contributed by atoms with van der Waals surface area (Å²) in [6.45, 7) is 0. The van der Waals surface area contributed by atoms with Gasteiger partial charge in [0.15, 0.2) is 0 Å². The number of imidazole rings is 1. The number of nitrogens with zero attached hydrogens (tertiary/aromatic N) is 1. The van der Waals surface area contributed by atoms with E-state index in [-0.39, 0.29) is 11.4 Å². The van der Waals surface area contributed by atoms with Crippen molar-refractivity contribution in [3.05, 3.63) is 78.4 Å². The first-order valence-electron chi connectivity index (χ1n) is 8.94. The van der Waals surface area contributed by atoms with E-state index in [9.17, 15) is 8.78 Å². The van der Waals surface area contributed by atoms with Crippen molar-refractivity contribution < 1.29 is 18.3 Å². The van der Waals surface area contributed by atoms with Crippen molar-refractivity contribution in [2.45, 2.75) is 0 Å². The molecule has 0 atom stereocenters. The van der Waals surface area contributed by atoms with Gasteiger partial charge in [0.25, 0.3) is 0 Å². The summed E-state index contributed by atoms with van der Waals surface area (Å²) in [4.78, 5) is 7.64. The molecule has 29 heavy (non-hydrogen) atoms. The fourth-order valence-electron chi connectivity index (χ4n) is 3.14. The summed E-state index contributed by atoms with van der Waals surface area (Å²) in [5, 5.41) is 0. The van der Waals surface area contributed by atoms with Gasteiger partial charge in [0.1, 0.15) is 29.0 Å². The Morgan fingerprint density at radius 3 is 1.76 bits per heavy atom. The third-order valence-corrected chi connectivity index (χ3v) is 4.65. The van der Waals surface area contributed by atoms with Crippen LogP contribution in [0, 0.1) is 11.6 Å². The molecule has 0 bridgehead atoms. The second-order valence-corrected chi connectivity index (χ2v) is 6.36. The van der Waals surface area contributed by atoms with Gasteiger partial charge in [-0.15, -0.1) is 0 Å². The normalized spacial score (nSPS) is 10.8. The number of methoxy groups -OCH3 is 2. The molecule has 1 heterocycles. The summed E-state index contributed by atoms with van der Waals surface area (Å²) < 4.78 is 39.1. The van der Waals surface area contributed by atoms with Crippen LogP contribution in [0.5, 0.6) is 11.5 Å². The molecule has 0 amide bonds. The lowest BCUT2D eigenvalue weighted by molar-refractivity contribution is 0.414. The Morgan fingerprint density at radius 2 is 1.24 bits per heavy atom. The highest BCUT2D eigenvalue weighted by Gasteiger charge is 2.20. The molecular weight excluding hydrogens is 374 g/mol. The summed E-state index contributed by atoms with van der Waals surface area (Å²) >= 11 is 0. The molecule has 0 aliphatic carbocycles. The molecule has 0 aliphatic rings. The van der Waals surface area contributed by atoms with Crippen molar-refractivity contribution in [2.75, 3.05) is 14.2 Å². The highest BCUT2D eigenvalue weighted by Crippen LogP contribution is 2.35. The molecule has 0 spiro atoms. The number of nitrogens with one attached hydrogen (secondary N) is 1. The second-order valence-electron chi connectivity index (χ2n) is 6.36. The van der Waals surface area contributed by atoms with E-state index in [0.29, 0.717) is 22.9 Å². The van der Waals surface area contributed by atoms with Crippen molar-refractivity contribution in [3.8, 4) is 45.4 Å². The number of ether oxygens (including phenoxy) is 2. The minimum atomic E-state index is -0.679. The van der Waals surface area contributed by atoms with Crippen molar-refractivity contribution in [2.24, 2.45) is 0 Å². The first kappa shape index (κ1) is 18.7. The van der Waals surface area contributed by atoms with Crippen molar-refractivity contribution in [1.29, 1.82) is 0 Å². The van der Waals surface area contributed by atoms with Crippen LogP contribution in [0.3, 0.4) is 0 Å². The number of aromatic amines is 1. The van der Waals surface area contributed by atoms with Crippen LogP contribution in [0.25, 0.3) is 33.9 Å². The zero-order valence-corrected chi connectivity index (χ0v) is 15.9. The Kier molecular flexibility index (Phi) is 4.99. The van der Waals surface area contributed by atoms with Crippen LogP contribution in [-0.4, -0.2) is 24.2 Å². The van der Waals surface area contributed by atoms with Gasteiger partial charge in [-0.05, 0) is 60.7 Å². The van der Waals surface area contributed by atoms with Gasteiger partial charge >= 0.3 is 0 Å². The van der Waals surface area contributed by atoms with E-state index in [1.807, 2.05) is 48.5 Å². The van der Waals surface area contributed by atoms with E-state index < -0.39 is 11.6 Å². The SMILES string of the molecule is COc1ccc(-c2nc(-c3c(F)cccc3F)[nH]c2-c2ccc(OC)cc2)cc1. The third kappa shape index (κ3) is 3.57. The monoisotopic (exact) mass is 392 g/mol. The van der Waals surface area contributed by atoms with E-state index in [4.69, 9.17) is 9.47 Å². The Morgan fingerprint density at radius 1 is 0.724 bits per heavy atom. The quantitative estimate of drug-likeness (QED) is 0.473. The number of aromatic nitrogens is 2. The van der Waals surface area contributed by atoms with E-state index in [0.717, 1.165) is 11.1 Å². The van der Waals surface area contributed by atoms with Gasteiger partial charge in [0.2, 0.25) is 0 Å². The Balaban J connectivity index is 1.90. The maximum absolute atomic E-state index is 14.3. The van der Waals surface area contributed by atoms with E-state index in [1.165, 1.54) is 18.2 Å². The van der Waals surface area contributed by atoms with E-state index in [1.54, 1.807) is 14.2 Å². The largest absolute Gasteiger partial charge is 0.497 e. The van der Waals surface area contributed by atoms with Gasteiger partial charge in [0.05, 0.1) is 31.2 Å². The molecule has 1 aromatic heterocycles. The lowest BCUT2D eigenvalue weighted by atomic mass is 10.0. The molecule has 0 fully saturated rings. The predicted molar refractivity (Wildman–Crippen MR) is 108 cm³/mol. The topological polar surface area (TPSA) is 47.1 Å². The van der Waals surface area contributed by atoms with Crippen LogP contribution in [0.15, 0.2) is 66.7 Å². The van der Waals surface area contributed by atoms with Crippen LogP contribution >= 0.6 is 0 Å². The van der Waals surface area contributed by atoms with Gasteiger partial charge in [-0.1, -0.05) is 6.07 Å². The van der Waals surface area contributed by atoms with Crippen LogP contribution in [0.4, 0.5) is 8.78 Å². The fraction of sp³-hybridized carbons (Fsp3) is 0.0870. The van der Waals surface area contributed by atoms with Crippen LogP contribution in [0.2, 0.25) is 0 Å². The molecule has 0 saturated heterocycles. The summed E-state index contributed by atoms with van der Waals surface area (Å²) in [5.41, 5.74) is 2.64. The lowest BCUT2D eigenvalue weighted by Crippen LogP contribution is -1.91. The third-order valence-electron chi connectivity index (χ3n) is 4.65. The molecule has 4 nitrogen and oxygen atoms in total. The highest BCUT2D eigenvalue weighted by atomic mass is 19.1. The average molecular weight is 392 g/mol. The molecule has 146 valence electrons. The highest BCUT2D eigenvalue weighted by molar-refractivity contribution is 5.81. The van der Waals surface area contributed by atoms with Crippen LogP contribution in [-0.2, 0) is 0 Å². The standard InChI is InChI=1S/C23H18F2N2O2/c1-28-16-10-6-14(7-11-16)21-22(15-8-12-17(29-2)13-9-15)27-23(26-21)20-18(24)4-3-5-19(20)25/h3-13H,1-2H3,(H,26,27). The Labute approximate surface area is 166 Å². The van der Waals surface area contributed by atoms with Gasteiger partial charge in [-0.2, -0.15) is 0 Å². The summed E-state index contributed by atoms with van der Waals surface area (Å²) in [5.74, 6) is 0.176. The van der Waals surface area contributed by atoms with Gasteiger partial charge in [-0.3, -0.25) is 0 Å². The smallest absolute Gasteiger partial charge is 0.144 e. The second kappa shape index (κ2) is 7.75. The first-order chi connectivity index (χ1) is 14.1. The minimum absolute atomic E-state index is 0.122. The summed E-state index contributed by atoms with van der Waals surface area (Å²) in [6.07, 6.45) is 0. The molecule has 0 radical (unpaired) electrons. The zero-order chi connectivity index (χ0) is 20.4. The maximum atomic E-state index is 14.3. The molecule has 4 rings (SSSR count). The number of benzene rings is 3. The minimum Gasteiger partial charge on any atom is -0.497 e. The maximum Gasteiger partial charge on any atom is 0.144 e. The van der Waals surface area contributed by atoms with Crippen molar-refractivity contribution in [3.63, 3.8) is 0 Å². The average Bonchev–Trinajstić information content (AvgIpc) is 3.18. The number of H-pyrrole nitrogens is 1. The fourth-order valence-corrected chi connectivity index (χ4v) is 3.14. The first-order valence-corrected chi connectivity index (χ1v) is 8.94. The van der Waals surface area contributed by atoms with Crippen molar-refractivity contribution >= 4 is 0 Å². The van der Waals surface area contributed by atoms with E-state index >= 15 is 0 Å². The van der Waals surface area contributed by atoms with Crippen LogP contribution in [0.1, 0.15) is 0 Å². The number of hydrogen-bond donors (Lipinski definition) is 1. The Bertz CT molecular complexity index is 1050. The van der Waals surface area contributed by atoms with Crippen molar-refractivity contribution in [1.82, 2.24) is 9.97 Å². The zero-order valence-electron chi connectivity index (χ0n) is 15.9. The van der Waals surface area contributed by atoms with Gasteiger partial charge < -0.3 is 14.5 Å². The molecule has 0 aliphatic heterocycles. The van der Waals surface area contributed by atoms with E-state index in [2.05, 4.69) is 9.97 Å². The summed E-state index contributed by atoms with van der Waals surface area (Å²) in [6, 6.07) is 18.4. The number of rotatable bonds is 5. The number of halogens is 2. The molecule has 0 saturated carbocycles.